The Kier molecular flexibility index (Phi) is 5.95. The summed E-state index contributed by atoms with van der Waals surface area (Å²) in [5, 5.41) is 0. The molecule has 0 N–H and O–H groups in total. The second-order valence-corrected chi connectivity index (χ2v) is 8.86. The van der Waals surface area contributed by atoms with Crippen LogP contribution in [0.1, 0.15) is 16.8 Å². The number of nitrogens with zero attached hydrogens (tertiary/aromatic N) is 1. The van der Waals surface area contributed by atoms with Gasteiger partial charge < -0.3 is 4.90 Å². The van der Waals surface area contributed by atoms with Crippen LogP contribution in [0.4, 0.5) is 32.0 Å². The van der Waals surface area contributed by atoms with E-state index < -0.39 is 51.3 Å². The number of para-hydroxylation sites is 1. The SMILES string of the molecule is CN(c1ccccc1C(=O)CS(C)(=O)=O)C1(C(F)(F)F)C=CC=C(C(F)(F)F)C1. The maximum Gasteiger partial charge on any atom is 0.415 e. The van der Waals surface area contributed by atoms with Crippen LogP contribution in [0.25, 0.3) is 0 Å². The molecule has 0 fully saturated rings. The molecule has 1 aromatic carbocycles. The number of allylic oxidation sites excluding steroid dienone is 2. The van der Waals surface area contributed by atoms with Crippen molar-refractivity contribution in [1.82, 2.24) is 0 Å². The monoisotopic (exact) mass is 441 g/mol. The van der Waals surface area contributed by atoms with Crippen LogP contribution in [0.15, 0.2) is 48.1 Å². The number of carbonyl (C=O) groups is 1. The summed E-state index contributed by atoms with van der Waals surface area (Å²) in [6, 6.07) is 4.89. The summed E-state index contributed by atoms with van der Waals surface area (Å²) in [7, 11) is -2.85. The molecule has 0 bridgehead atoms. The number of alkyl halides is 6. The van der Waals surface area contributed by atoms with E-state index in [4.69, 9.17) is 0 Å². The van der Waals surface area contributed by atoms with Crippen LogP contribution in [-0.2, 0) is 9.84 Å². The Bertz CT molecular complexity index is 963. The zero-order valence-electron chi connectivity index (χ0n) is 15.3. The minimum absolute atomic E-state index is 0.327. The fourth-order valence-corrected chi connectivity index (χ4v) is 3.71. The Morgan fingerprint density at radius 3 is 2.24 bits per heavy atom. The van der Waals surface area contributed by atoms with Gasteiger partial charge in [-0.1, -0.05) is 24.3 Å². The van der Waals surface area contributed by atoms with Crippen LogP contribution in [0.5, 0.6) is 0 Å². The lowest BCUT2D eigenvalue weighted by atomic mass is 9.83. The first-order valence-electron chi connectivity index (χ1n) is 8.14. The van der Waals surface area contributed by atoms with E-state index >= 15 is 0 Å². The molecule has 4 nitrogen and oxygen atoms in total. The van der Waals surface area contributed by atoms with E-state index in [1.165, 1.54) is 12.1 Å². The quantitative estimate of drug-likeness (QED) is 0.510. The zero-order valence-corrected chi connectivity index (χ0v) is 16.1. The molecular formula is C18H17F6NO3S. The van der Waals surface area contributed by atoms with Gasteiger partial charge in [-0.25, -0.2) is 8.42 Å². The number of hydrogen-bond donors (Lipinski definition) is 0. The van der Waals surface area contributed by atoms with Gasteiger partial charge in [0.2, 0.25) is 0 Å². The van der Waals surface area contributed by atoms with E-state index in [0.717, 1.165) is 25.4 Å². The van der Waals surface area contributed by atoms with Crippen molar-refractivity contribution in [2.75, 3.05) is 24.0 Å². The average Bonchev–Trinajstić information content (AvgIpc) is 2.58. The first-order chi connectivity index (χ1) is 13.1. The Balaban J connectivity index is 2.59. The molecule has 11 heteroatoms. The number of anilines is 1. The molecule has 1 unspecified atom stereocenters. The minimum atomic E-state index is -5.13. The average molecular weight is 441 g/mol. The summed E-state index contributed by atoms with van der Waals surface area (Å²) in [4.78, 5) is 12.9. The highest BCUT2D eigenvalue weighted by atomic mass is 32.2. The number of ketones is 1. The maximum absolute atomic E-state index is 14.0. The van der Waals surface area contributed by atoms with Crippen LogP contribution >= 0.6 is 0 Å². The number of Topliss-reactive ketones (excluding diaryl/α,β-unsaturated/α-hetero) is 1. The first-order valence-corrected chi connectivity index (χ1v) is 10.2. The number of benzene rings is 1. The topological polar surface area (TPSA) is 54.5 Å². The van der Waals surface area contributed by atoms with Crippen molar-refractivity contribution in [1.29, 1.82) is 0 Å². The maximum atomic E-state index is 14.0. The van der Waals surface area contributed by atoms with Crippen LogP contribution in [0.3, 0.4) is 0 Å². The van der Waals surface area contributed by atoms with Gasteiger partial charge >= 0.3 is 12.4 Å². The Morgan fingerprint density at radius 2 is 1.72 bits per heavy atom. The van der Waals surface area contributed by atoms with Gasteiger partial charge in [-0.15, -0.1) is 0 Å². The Labute approximate surface area is 163 Å². The standard InChI is InChI=1S/C18H17F6NO3S/c1-25(14-8-4-3-7-13(14)15(26)11-29(2,27)28)16(18(22,23)24)9-5-6-12(10-16)17(19,20)21/h3-9H,10-11H2,1-2H3. The van der Waals surface area contributed by atoms with Gasteiger partial charge in [0, 0.05) is 36.5 Å². The molecule has 1 aliphatic rings. The van der Waals surface area contributed by atoms with Gasteiger partial charge in [-0.2, -0.15) is 26.3 Å². The van der Waals surface area contributed by atoms with Crippen molar-refractivity contribution in [2.24, 2.45) is 0 Å². The third-order valence-corrected chi connectivity index (χ3v) is 5.33. The predicted octanol–water partition coefficient (Wildman–Crippen LogP) is 4.10. The van der Waals surface area contributed by atoms with Gasteiger partial charge in [-0.05, 0) is 18.2 Å². The molecule has 0 aliphatic heterocycles. The summed E-state index contributed by atoms with van der Waals surface area (Å²) < 4.78 is 104. The second-order valence-electron chi connectivity index (χ2n) is 6.72. The molecule has 29 heavy (non-hydrogen) atoms. The third kappa shape index (κ3) is 4.82. The summed E-state index contributed by atoms with van der Waals surface area (Å²) in [6.45, 7) is 0. The smallest absolute Gasteiger partial charge is 0.357 e. The molecule has 1 atom stereocenters. The molecule has 1 aliphatic carbocycles. The van der Waals surface area contributed by atoms with E-state index in [-0.39, 0.29) is 11.3 Å². The molecule has 160 valence electrons. The number of hydrogen-bond acceptors (Lipinski definition) is 4. The van der Waals surface area contributed by atoms with Crippen molar-refractivity contribution in [3.8, 4) is 0 Å². The molecule has 0 amide bonds. The molecule has 0 heterocycles. The molecule has 0 saturated carbocycles. The predicted molar refractivity (Wildman–Crippen MR) is 95.6 cm³/mol. The number of halogens is 6. The Hall–Kier alpha value is -2.30. The zero-order chi connectivity index (χ0) is 22.3. The lowest BCUT2D eigenvalue weighted by Gasteiger charge is -2.44. The first kappa shape index (κ1) is 23.0. The highest BCUT2D eigenvalue weighted by Gasteiger charge is 2.59. The molecular weight excluding hydrogens is 424 g/mol. The summed E-state index contributed by atoms with van der Waals surface area (Å²) in [6.07, 6.45) is -8.88. The second kappa shape index (κ2) is 7.51. The van der Waals surface area contributed by atoms with Crippen LogP contribution in [0.2, 0.25) is 0 Å². The lowest BCUT2D eigenvalue weighted by Crippen LogP contribution is -2.58. The van der Waals surface area contributed by atoms with Gasteiger partial charge in [-0.3, -0.25) is 4.79 Å². The Morgan fingerprint density at radius 1 is 1.14 bits per heavy atom. The molecule has 1 aromatic rings. The number of sulfone groups is 1. The number of rotatable bonds is 5. The summed E-state index contributed by atoms with van der Waals surface area (Å²) in [5.41, 5.74) is -5.11. The van der Waals surface area contributed by atoms with Crippen molar-refractivity contribution < 1.29 is 39.6 Å². The van der Waals surface area contributed by atoms with E-state index in [9.17, 15) is 39.6 Å². The molecule has 2 rings (SSSR count). The van der Waals surface area contributed by atoms with Crippen LogP contribution in [0, 0.1) is 0 Å². The molecule has 0 radical (unpaired) electrons. The molecule has 0 aromatic heterocycles. The van der Waals surface area contributed by atoms with Crippen LogP contribution < -0.4 is 4.90 Å². The van der Waals surface area contributed by atoms with E-state index in [0.29, 0.717) is 23.1 Å². The highest BCUT2D eigenvalue weighted by Crippen LogP contribution is 2.47. The van der Waals surface area contributed by atoms with E-state index in [1.54, 1.807) is 0 Å². The van der Waals surface area contributed by atoms with Gasteiger partial charge in [0.15, 0.2) is 21.2 Å². The van der Waals surface area contributed by atoms with Crippen molar-refractivity contribution in [3.63, 3.8) is 0 Å². The number of likely N-dealkylation sites (N-methyl/N-ethyl adjacent to an activating group) is 1. The largest absolute Gasteiger partial charge is 0.415 e. The van der Waals surface area contributed by atoms with Crippen molar-refractivity contribution in [3.05, 3.63) is 53.6 Å². The summed E-state index contributed by atoms with van der Waals surface area (Å²) >= 11 is 0. The fraction of sp³-hybridized carbons (Fsp3) is 0.389. The highest BCUT2D eigenvalue weighted by molar-refractivity contribution is 7.91. The van der Waals surface area contributed by atoms with Gasteiger partial charge in [0.05, 0.1) is 0 Å². The van der Waals surface area contributed by atoms with Crippen LogP contribution in [-0.4, -0.2) is 51.1 Å². The minimum Gasteiger partial charge on any atom is -0.357 e. The van der Waals surface area contributed by atoms with E-state index in [2.05, 4.69) is 0 Å². The van der Waals surface area contributed by atoms with Gasteiger partial charge in [0.1, 0.15) is 5.75 Å². The fourth-order valence-electron chi connectivity index (χ4n) is 3.07. The third-order valence-electron chi connectivity index (χ3n) is 4.54. The van der Waals surface area contributed by atoms with Gasteiger partial charge in [0.25, 0.3) is 0 Å². The molecule has 0 spiro atoms. The van der Waals surface area contributed by atoms with Crippen molar-refractivity contribution >= 4 is 21.3 Å². The molecule has 0 saturated heterocycles. The normalized spacial score (nSPS) is 20.3. The van der Waals surface area contributed by atoms with Crippen molar-refractivity contribution in [2.45, 2.75) is 24.3 Å². The summed E-state index contributed by atoms with van der Waals surface area (Å²) in [5.74, 6) is -1.90. The number of carbonyl (C=O) groups excluding carboxylic acids is 1. The lowest BCUT2D eigenvalue weighted by molar-refractivity contribution is -0.176. The van der Waals surface area contributed by atoms with E-state index in [1.807, 2.05) is 0 Å².